The third kappa shape index (κ3) is 1.70. The van der Waals surface area contributed by atoms with Gasteiger partial charge in [0.1, 0.15) is 12.4 Å². The van der Waals surface area contributed by atoms with Crippen molar-refractivity contribution in [1.29, 1.82) is 0 Å². The van der Waals surface area contributed by atoms with E-state index < -0.39 is 11.9 Å². The summed E-state index contributed by atoms with van der Waals surface area (Å²) in [6, 6.07) is 0. The Kier molecular flexibility index (Phi) is 1.86. The van der Waals surface area contributed by atoms with Crippen LogP contribution < -0.4 is 0 Å². The largest absolute Gasteiger partial charge is 0.433 e. The van der Waals surface area contributed by atoms with Crippen LogP contribution in [-0.2, 0) is 0 Å². The quantitative estimate of drug-likeness (QED) is 0.586. The summed E-state index contributed by atoms with van der Waals surface area (Å²) in [4.78, 5) is 3.40. The van der Waals surface area contributed by atoms with Crippen molar-refractivity contribution in [1.82, 2.24) is 5.06 Å². The molecule has 0 saturated carbocycles. The fraction of sp³-hybridized carbons (Fsp3) is 0.400. The molecule has 0 spiro atoms. The summed E-state index contributed by atoms with van der Waals surface area (Å²) in [6.45, 7) is -0.370. The molecule has 1 N–H and O–H groups in total. The lowest BCUT2D eigenvalue weighted by molar-refractivity contribution is -0.164. The highest BCUT2D eigenvalue weighted by Crippen LogP contribution is 2.27. The first-order chi connectivity index (χ1) is 5.02. The van der Waals surface area contributed by atoms with Crippen LogP contribution >= 0.6 is 0 Å². The number of nitrogens with zero attached hydrogens (tertiary/aromatic N) is 2. The molecule has 0 aromatic carbocycles. The lowest BCUT2D eigenvalue weighted by Gasteiger charge is -2.21. The zero-order chi connectivity index (χ0) is 8.48. The molecule has 0 aromatic rings. The van der Waals surface area contributed by atoms with Crippen LogP contribution in [-0.4, -0.2) is 29.3 Å². The van der Waals surface area contributed by atoms with Crippen LogP contribution in [0.15, 0.2) is 16.8 Å². The number of allylic oxidation sites excluding steroid dienone is 2. The van der Waals surface area contributed by atoms with Gasteiger partial charge in [-0.2, -0.15) is 13.2 Å². The molecular weight excluding hydrogens is 161 g/mol. The normalized spacial score (nSPS) is 18.5. The fourth-order valence-electron chi connectivity index (χ4n) is 0.651. The second kappa shape index (κ2) is 2.54. The van der Waals surface area contributed by atoms with E-state index in [1.54, 1.807) is 0 Å². The van der Waals surface area contributed by atoms with Crippen LogP contribution in [0.25, 0.3) is 0 Å². The van der Waals surface area contributed by atoms with Crippen molar-refractivity contribution >= 4 is 6.21 Å². The van der Waals surface area contributed by atoms with Crippen molar-refractivity contribution in [3.05, 3.63) is 11.8 Å². The highest BCUT2D eigenvalue weighted by Gasteiger charge is 2.37. The molecule has 6 heteroatoms. The van der Waals surface area contributed by atoms with Crippen LogP contribution in [0.1, 0.15) is 0 Å². The van der Waals surface area contributed by atoms with Crippen molar-refractivity contribution in [2.45, 2.75) is 6.18 Å². The maximum Gasteiger partial charge on any atom is 0.433 e. The second-order valence-electron chi connectivity index (χ2n) is 1.92. The van der Waals surface area contributed by atoms with E-state index in [2.05, 4.69) is 4.99 Å². The predicted octanol–water partition coefficient (Wildman–Crippen LogP) is 1.17. The molecular formula is C5H5F3N2O. The maximum atomic E-state index is 11.9. The molecule has 0 amide bonds. The van der Waals surface area contributed by atoms with E-state index >= 15 is 0 Å². The molecule has 1 heterocycles. The number of hydrogen-bond donors (Lipinski definition) is 1. The van der Waals surface area contributed by atoms with Crippen molar-refractivity contribution in [2.24, 2.45) is 4.99 Å². The van der Waals surface area contributed by atoms with Gasteiger partial charge in [0.15, 0.2) is 0 Å². The molecule has 1 rings (SSSR count). The highest BCUT2D eigenvalue weighted by atomic mass is 19.4. The van der Waals surface area contributed by atoms with E-state index in [-0.39, 0.29) is 11.7 Å². The molecule has 3 nitrogen and oxygen atoms in total. The van der Waals surface area contributed by atoms with Crippen LogP contribution in [0.3, 0.4) is 0 Å². The minimum Gasteiger partial charge on any atom is -0.287 e. The molecule has 0 radical (unpaired) electrons. The Morgan fingerprint density at radius 3 is 2.55 bits per heavy atom. The smallest absolute Gasteiger partial charge is 0.287 e. The predicted molar refractivity (Wildman–Crippen MR) is 31.1 cm³/mol. The summed E-state index contributed by atoms with van der Waals surface area (Å²) in [5, 5.41) is 8.69. The van der Waals surface area contributed by atoms with Gasteiger partial charge in [0.2, 0.25) is 0 Å². The first kappa shape index (κ1) is 8.06. The number of hydrogen-bond acceptors (Lipinski definition) is 3. The van der Waals surface area contributed by atoms with E-state index in [0.29, 0.717) is 6.08 Å². The standard InChI is InChI=1S/C5H5F3N2O/c6-5(7,8)4-1-2-9-3-10(4)11/h1-2,11H,3H2. The van der Waals surface area contributed by atoms with Gasteiger partial charge in [-0.3, -0.25) is 10.2 Å². The zero-order valence-corrected chi connectivity index (χ0v) is 5.34. The van der Waals surface area contributed by atoms with E-state index in [4.69, 9.17) is 5.21 Å². The first-order valence-electron chi connectivity index (χ1n) is 2.75. The molecule has 0 fully saturated rings. The summed E-state index contributed by atoms with van der Waals surface area (Å²) >= 11 is 0. The molecule has 0 saturated heterocycles. The average Bonchev–Trinajstić information content (AvgIpc) is 1.86. The Morgan fingerprint density at radius 1 is 1.55 bits per heavy atom. The topological polar surface area (TPSA) is 35.8 Å². The molecule has 1 aliphatic rings. The van der Waals surface area contributed by atoms with Crippen molar-refractivity contribution in [3.63, 3.8) is 0 Å². The number of rotatable bonds is 0. The van der Waals surface area contributed by atoms with E-state index in [0.717, 1.165) is 6.21 Å². The lowest BCUT2D eigenvalue weighted by atomic mass is 10.3. The van der Waals surface area contributed by atoms with Crippen molar-refractivity contribution in [3.8, 4) is 0 Å². The number of halogens is 3. The van der Waals surface area contributed by atoms with Crippen molar-refractivity contribution < 1.29 is 18.4 Å². The molecule has 0 unspecified atom stereocenters. The molecule has 0 aliphatic carbocycles. The molecule has 0 bridgehead atoms. The van der Waals surface area contributed by atoms with Gasteiger partial charge in [0, 0.05) is 6.21 Å². The fourth-order valence-corrected chi connectivity index (χ4v) is 0.651. The summed E-state index contributed by atoms with van der Waals surface area (Å²) in [7, 11) is 0. The number of aliphatic imine (C=N–C) groups is 1. The Morgan fingerprint density at radius 2 is 2.18 bits per heavy atom. The number of alkyl halides is 3. The molecule has 11 heavy (non-hydrogen) atoms. The van der Waals surface area contributed by atoms with Crippen LogP contribution in [0.2, 0.25) is 0 Å². The Labute approximate surface area is 60.4 Å². The second-order valence-corrected chi connectivity index (χ2v) is 1.92. The average molecular weight is 166 g/mol. The van der Waals surface area contributed by atoms with E-state index in [1.165, 1.54) is 0 Å². The minimum atomic E-state index is -4.51. The van der Waals surface area contributed by atoms with E-state index in [9.17, 15) is 13.2 Å². The zero-order valence-electron chi connectivity index (χ0n) is 5.34. The molecule has 62 valence electrons. The third-order valence-electron chi connectivity index (χ3n) is 1.12. The summed E-state index contributed by atoms with van der Waals surface area (Å²) < 4.78 is 35.6. The maximum absolute atomic E-state index is 11.9. The Hall–Kier alpha value is -1.04. The highest BCUT2D eigenvalue weighted by molar-refractivity contribution is 5.73. The van der Waals surface area contributed by atoms with E-state index in [1.807, 2.05) is 0 Å². The van der Waals surface area contributed by atoms with Gasteiger partial charge >= 0.3 is 6.18 Å². The Balaban J connectivity index is 2.84. The van der Waals surface area contributed by atoms with Gasteiger partial charge in [-0.1, -0.05) is 0 Å². The molecule has 0 aromatic heterocycles. The monoisotopic (exact) mass is 166 g/mol. The minimum absolute atomic E-state index is 0.0556. The van der Waals surface area contributed by atoms with Crippen LogP contribution in [0.5, 0.6) is 0 Å². The SMILES string of the molecule is ON1CN=CC=C1C(F)(F)F. The van der Waals surface area contributed by atoms with Crippen LogP contribution in [0, 0.1) is 0 Å². The Bertz CT molecular complexity index is 208. The van der Waals surface area contributed by atoms with Gasteiger partial charge in [0.05, 0.1) is 0 Å². The first-order valence-corrected chi connectivity index (χ1v) is 2.75. The third-order valence-corrected chi connectivity index (χ3v) is 1.12. The molecule has 1 aliphatic heterocycles. The van der Waals surface area contributed by atoms with Crippen molar-refractivity contribution in [2.75, 3.05) is 6.67 Å². The number of hydroxylamine groups is 2. The molecule has 0 atom stereocenters. The summed E-state index contributed by atoms with van der Waals surface area (Å²) in [5.41, 5.74) is -1.09. The summed E-state index contributed by atoms with van der Waals surface area (Å²) in [5.74, 6) is 0. The van der Waals surface area contributed by atoms with Gasteiger partial charge in [0.25, 0.3) is 0 Å². The van der Waals surface area contributed by atoms with Gasteiger partial charge in [-0.25, -0.2) is 5.06 Å². The van der Waals surface area contributed by atoms with Crippen LogP contribution in [0.4, 0.5) is 13.2 Å². The van der Waals surface area contributed by atoms with Gasteiger partial charge < -0.3 is 0 Å². The van der Waals surface area contributed by atoms with Gasteiger partial charge in [-0.15, -0.1) is 0 Å². The summed E-state index contributed by atoms with van der Waals surface area (Å²) in [6.07, 6.45) is -2.79. The lowest BCUT2D eigenvalue weighted by Crippen LogP contribution is -2.31. The van der Waals surface area contributed by atoms with Gasteiger partial charge in [-0.05, 0) is 6.08 Å².